The Morgan fingerprint density at radius 2 is 2.22 bits per heavy atom. The molecule has 0 atom stereocenters. The van der Waals surface area contributed by atoms with Gasteiger partial charge in [-0.2, -0.15) is 0 Å². The van der Waals surface area contributed by atoms with Crippen LogP contribution in [0.25, 0.3) is 0 Å². The third-order valence-corrected chi connectivity index (χ3v) is 1.31. The first-order valence-corrected chi connectivity index (χ1v) is 3.25. The second-order valence-corrected chi connectivity index (χ2v) is 2.11. The lowest BCUT2D eigenvalue weighted by atomic mass is 10.2. The molecule has 1 nitrogen and oxygen atoms in total. The molecule has 0 aromatic carbocycles. The molecule has 1 heteroatoms. The van der Waals surface area contributed by atoms with Crippen molar-refractivity contribution in [2.75, 3.05) is 7.05 Å². The van der Waals surface area contributed by atoms with Crippen LogP contribution in [0.5, 0.6) is 0 Å². The van der Waals surface area contributed by atoms with E-state index in [-0.39, 0.29) is 0 Å². The minimum absolute atomic E-state index is 1.06. The molecule has 0 heterocycles. The largest absolute Gasteiger partial charge is 0.356 e. The molecule has 0 radical (unpaired) electrons. The lowest BCUT2D eigenvalue weighted by molar-refractivity contribution is 0.539. The molecule has 52 valence electrons. The molecule has 0 aliphatic carbocycles. The van der Waals surface area contributed by atoms with Crippen LogP contribution in [0, 0.1) is 0 Å². The molecule has 0 aliphatic heterocycles. The molecule has 0 aromatic heterocycles. The molecule has 0 N–H and O–H groups in total. The van der Waals surface area contributed by atoms with E-state index in [4.69, 9.17) is 0 Å². The smallest absolute Gasteiger partial charge is 0.0108 e. The van der Waals surface area contributed by atoms with Gasteiger partial charge in [-0.3, -0.25) is 0 Å². The SMILES string of the molecule is C=CN(C)C(=C)CCC. The molecule has 0 aliphatic rings. The van der Waals surface area contributed by atoms with E-state index in [2.05, 4.69) is 20.1 Å². The van der Waals surface area contributed by atoms with Gasteiger partial charge in [-0.1, -0.05) is 26.5 Å². The maximum atomic E-state index is 3.87. The van der Waals surface area contributed by atoms with Crippen molar-refractivity contribution >= 4 is 0 Å². The molecule has 0 spiro atoms. The monoisotopic (exact) mass is 125 g/mol. The molecule has 9 heavy (non-hydrogen) atoms. The average molecular weight is 125 g/mol. The third kappa shape index (κ3) is 2.96. The summed E-state index contributed by atoms with van der Waals surface area (Å²) >= 11 is 0. The molecule has 0 fully saturated rings. The topological polar surface area (TPSA) is 3.24 Å². The minimum Gasteiger partial charge on any atom is -0.356 e. The summed E-state index contributed by atoms with van der Waals surface area (Å²) in [6, 6.07) is 0. The van der Waals surface area contributed by atoms with Crippen LogP contribution in [-0.4, -0.2) is 11.9 Å². The van der Waals surface area contributed by atoms with E-state index in [1.165, 1.54) is 0 Å². The lowest BCUT2D eigenvalue weighted by Crippen LogP contribution is -2.07. The first-order valence-electron chi connectivity index (χ1n) is 3.25. The predicted octanol–water partition coefficient (Wildman–Crippen LogP) is 2.38. The Morgan fingerprint density at radius 1 is 1.67 bits per heavy atom. The van der Waals surface area contributed by atoms with Crippen LogP contribution in [-0.2, 0) is 0 Å². The van der Waals surface area contributed by atoms with Crippen LogP contribution in [0.2, 0.25) is 0 Å². The Labute approximate surface area is 57.7 Å². The van der Waals surface area contributed by atoms with Crippen LogP contribution in [0.4, 0.5) is 0 Å². The summed E-state index contributed by atoms with van der Waals surface area (Å²) in [7, 11) is 1.96. The quantitative estimate of drug-likeness (QED) is 0.557. The first-order chi connectivity index (χ1) is 4.22. The fourth-order valence-electron chi connectivity index (χ4n) is 0.594. The van der Waals surface area contributed by atoms with Crippen molar-refractivity contribution in [2.45, 2.75) is 19.8 Å². The fraction of sp³-hybridized carbons (Fsp3) is 0.500. The van der Waals surface area contributed by atoms with Crippen LogP contribution in [0.1, 0.15) is 19.8 Å². The molecular weight excluding hydrogens is 110 g/mol. The second kappa shape index (κ2) is 4.19. The van der Waals surface area contributed by atoms with E-state index in [0.29, 0.717) is 0 Å². The van der Waals surface area contributed by atoms with Crippen molar-refractivity contribution < 1.29 is 0 Å². The van der Waals surface area contributed by atoms with Crippen LogP contribution < -0.4 is 0 Å². The Morgan fingerprint density at radius 3 is 2.56 bits per heavy atom. The van der Waals surface area contributed by atoms with Crippen LogP contribution >= 0.6 is 0 Å². The maximum absolute atomic E-state index is 3.87. The highest BCUT2D eigenvalue weighted by Gasteiger charge is 1.93. The molecule has 0 bridgehead atoms. The highest BCUT2D eigenvalue weighted by atomic mass is 15.1. The standard InChI is InChI=1S/C8H15N/c1-5-7-8(3)9(4)6-2/h6H,2-3,5,7H2,1,4H3. The number of nitrogens with zero attached hydrogens (tertiary/aromatic N) is 1. The summed E-state index contributed by atoms with van der Waals surface area (Å²) < 4.78 is 0. The van der Waals surface area contributed by atoms with Gasteiger partial charge in [0, 0.05) is 12.7 Å². The second-order valence-electron chi connectivity index (χ2n) is 2.11. The summed E-state index contributed by atoms with van der Waals surface area (Å²) in [6.07, 6.45) is 3.98. The van der Waals surface area contributed by atoms with Crippen molar-refractivity contribution in [1.29, 1.82) is 0 Å². The highest BCUT2D eigenvalue weighted by molar-refractivity contribution is 4.95. The van der Waals surface area contributed by atoms with Gasteiger partial charge in [0.2, 0.25) is 0 Å². The van der Waals surface area contributed by atoms with E-state index >= 15 is 0 Å². The zero-order valence-corrected chi connectivity index (χ0v) is 6.35. The van der Waals surface area contributed by atoms with Crippen molar-refractivity contribution in [3.63, 3.8) is 0 Å². The average Bonchev–Trinajstić information content (AvgIpc) is 1.87. The Hall–Kier alpha value is -0.720. The molecule has 0 aromatic rings. The van der Waals surface area contributed by atoms with Gasteiger partial charge in [-0.25, -0.2) is 0 Å². The number of rotatable bonds is 4. The van der Waals surface area contributed by atoms with Crippen LogP contribution in [0.15, 0.2) is 25.1 Å². The number of allylic oxidation sites excluding steroid dienone is 1. The fourth-order valence-corrected chi connectivity index (χ4v) is 0.594. The maximum Gasteiger partial charge on any atom is 0.0108 e. The normalized spacial score (nSPS) is 8.67. The zero-order valence-electron chi connectivity index (χ0n) is 6.35. The van der Waals surface area contributed by atoms with Crippen molar-refractivity contribution in [1.82, 2.24) is 4.90 Å². The van der Waals surface area contributed by atoms with E-state index in [9.17, 15) is 0 Å². The molecule has 0 saturated carbocycles. The van der Waals surface area contributed by atoms with Crippen molar-refractivity contribution in [3.8, 4) is 0 Å². The van der Waals surface area contributed by atoms with E-state index in [1.807, 2.05) is 11.9 Å². The summed E-state index contributed by atoms with van der Waals surface area (Å²) in [5, 5.41) is 0. The molecule has 0 unspecified atom stereocenters. The van der Waals surface area contributed by atoms with E-state index < -0.39 is 0 Å². The molecule has 0 amide bonds. The summed E-state index contributed by atoms with van der Waals surface area (Å²) in [5.74, 6) is 0. The number of hydrogen-bond donors (Lipinski definition) is 0. The Kier molecular flexibility index (Phi) is 3.85. The van der Waals surface area contributed by atoms with Gasteiger partial charge in [0.05, 0.1) is 0 Å². The zero-order chi connectivity index (χ0) is 7.28. The highest BCUT2D eigenvalue weighted by Crippen LogP contribution is 2.05. The first kappa shape index (κ1) is 8.28. The Balaban J connectivity index is 3.58. The summed E-state index contributed by atoms with van der Waals surface area (Å²) in [5.41, 5.74) is 1.13. The Bertz CT molecular complexity index is 105. The van der Waals surface area contributed by atoms with Crippen molar-refractivity contribution in [3.05, 3.63) is 25.1 Å². The van der Waals surface area contributed by atoms with Gasteiger partial charge in [-0.15, -0.1) is 0 Å². The molecule has 0 rings (SSSR count). The third-order valence-electron chi connectivity index (χ3n) is 1.31. The van der Waals surface area contributed by atoms with Gasteiger partial charge >= 0.3 is 0 Å². The molecular formula is C8H15N. The summed E-state index contributed by atoms with van der Waals surface area (Å²) in [6.45, 7) is 9.64. The van der Waals surface area contributed by atoms with Gasteiger partial charge in [-0.05, 0) is 12.6 Å². The van der Waals surface area contributed by atoms with Gasteiger partial charge in [0.1, 0.15) is 0 Å². The van der Waals surface area contributed by atoms with Gasteiger partial charge in [0.15, 0.2) is 0 Å². The molecule has 0 saturated heterocycles. The lowest BCUT2D eigenvalue weighted by Gasteiger charge is -2.14. The predicted molar refractivity (Wildman–Crippen MR) is 42.0 cm³/mol. The van der Waals surface area contributed by atoms with Crippen molar-refractivity contribution in [2.24, 2.45) is 0 Å². The van der Waals surface area contributed by atoms with E-state index in [1.54, 1.807) is 6.20 Å². The van der Waals surface area contributed by atoms with Crippen LogP contribution in [0.3, 0.4) is 0 Å². The minimum atomic E-state index is 1.06. The van der Waals surface area contributed by atoms with Gasteiger partial charge in [0.25, 0.3) is 0 Å². The summed E-state index contributed by atoms with van der Waals surface area (Å²) in [4.78, 5) is 1.95. The van der Waals surface area contributed by atoms with Gasteiger partial charge < -0.3 is 4.90 Å². The van der Waals surface area contributed by atoms with E-state index in [0.717, 1.165) is 18.5 Å². The number of hydrogen-bond acceptors (Lipinski definition) is 1.